The number of aromatic nitrogens is 3. The van der Waals surface area contributed by atoms with Crippen LogP contribution in [0.25, 0.3) is 10.9 Å². The number of fused-ring (bicyclic) bond motifs is 1. The number of amides is 1. The van der Waals surface area contributed by atoms with Crippen LogP contribution in [0.3, 0.4) is 0 Å². The average Bonchev–Trinajstić information content (AvgIpc) is 3.23. The Morgan fingerprint density at radius 3 is 3.00 bits per heavy atom. The number of hydrogen-bond donors (Lipinski definition) is 2. The highest BCUT2D eigenvalue weighted by molar-refractivity contribution is 7.14. The van der Waals surface area contributed by atoms with Gasteiger partial charge in [-0.3, -0.25) is 20.1 Å². The lowest BCUT2D eigenvalue weighted by atomic mass is 9.99. The molecule has 7 heteroatoms. The molecule has 3 aromatic rings. The fourth-order valence-electron chi connectivity index (χ4n) is 3.34. The summed E-state index contributed by atoms with van der Waals surface area (Å²) in [7, 11) is 0. The predicted molar refractivity (Wildman–Crippen MR) is 105 cm³/mol. The summed E-state index contributed by atoms with van der Waals surface area (Å²) in [6, 6.07) is 5.91. The van der Waals surface area contributed by atoms with Gasteiger partial charge in [-0.15, -0.1) is 11.3 Å². The van der Waals surface area contributed by atoms with Crippen molar-refractivity contribution in [3.63, 3.8) is 0 Å². The molecule has 0 atom stereocenters. The van der Waals surface area contributed by atoms with Gasteiger partial charge in [-0.2, -0.15) is 5.10 Å². The minimum atomic E-state index is -0.227. The Kier molecular flexibility index (Phi) is 4.74. The number of benzene rings is 1. The molecular formula is C19H23N5OS. The van der Waals surface area contributed by atoms with E-state index in [4.69, 9.17) is 0 Å². The third kappa shape index (κ3) is 3.64. The maximum absolute atomic E-state index is 12.6. The number of nitrogens with zero attached hydrogens (tertiary/aromatic N) is 3. The molecule has 4 rings (SSSR count). The van der Waals surface area contributed by atoms with Crippen LogP contribution < -0.4 is 5.32 Å². The number of anilines is 1. The lowest BCUT2D eigenvalue weighted by molar-refractivity contribution is 0.102. The molecular weight excluding hydrogens is 346 g/mol. The van der Waals surface area contributed by atoms with Crippen LogP contribution in [0, 0.1) is 12.8 Å². The predicted octanol–water partition coefficient (Wildman–Crippen LogP) is 3.81. The topological polar surface area (TPSA) is 73.9 Å². The molecule has 26 heavy (non-hydrogen) atoms. The second-order valence-corrected chi connectivity index (χ2v) is 8.04. The number of thiazole rings is 1. The van der Waals surface area contributed by atoms with Crippen LogP contribution >= 0.6 is 11.3 Å². The molecule has 0 saturated carbocycles. The quantitative estimate of drug-likeness (QED) is 0.733. The van der Waals surface area contributed by atoms with Gasteiger partial charge < -0.3 is 0 Å². The molecule has 6 nitrogen and oxygen atoms in total. The summed E-state index contributed by atoms with van der Waals surface area (Å²) in [6.07, 6.45) is 2.50. The zero-order valence-electron chi connectivity index (χ0n) is 15.1. The molecule has 1 amide bonds. The molecule has 1 fully saturated rings. The zero-order valence-corrected chi connectivity index (χ0v) is 15.9. The van der Waals surface area contributed by atoms with Gasteiger partial charge >= 0.3 is 0 Å². The van der Waals surface area contributed by atoms with Crippen molar-refractivity contribution in [2.45, 2.75) is 33.2 Å². The highest BCUT2D eigenvalue weighted by atomic mass is 32.1. The molecule has 1 aliphatic rings. The number of rotatable bonds is 4. The van der Waals surface area contributed by atoms with E-state index in [9.17, 15) is 4.79 Å². The second-order valence-electron chi connectivity index (χ2n) is 7.18. The van der Waals surface area contributed by atoms with Crippen molar-refractivity contribution >= 4 is 33.3 Å². The highest BCUT2D eigenvalue weighted by Crippen LogP contribution is 2.23. The van der Waals surface area contributed by atoms with E-state index in [-0.39, 0.29) is 5.91 Å². The average molecular weight is 369 g/mol. The van der Waals surface area contributed by atoms with Crippen LogP contribution in [0.1, 0.15) is 41.5 Å². The SMILES string of the molecule is Cc1ccc2[nH]nc(C(=O)Nc3nc(CN4CCC(C)CC4)cs3)c2c1. The molecule has 0 unspecified atom stereocenters. The highest BCUT2D eigenvalue weighted by Gasteiger charge is 2.18. The van der Waals surface area contributed by atoms with E-state index in [0.29, 0.717) is 10.8 Å². The summed E-state index contributed by atoms with van der Waals surface area (Å²) < 4.78 is 0. The Labute approximate surface area is 156 Å². The third-order valence-electron chi connectivity index (χ3n) is 4.97. The molecule has 136 valence electrons. The third-order valence-corrected chi connectivity index (χ3v) is 5.77. The summed E-state index contributed by atoms with van der Waals surface area (Å²) in [5.41, 5.74) is 3.38. The molecule has 1 aromatic carbocycles. The monoisotopic (exact) mass is 369 g/mol. The van der Waals surface area contributed by atoms with Crippen molar-refractivity contribution in [2.24, 2.45) is 5.92 Å². The van der Waals surface area contributed by atoms with Gasteiger partial charge in [-0.05, 0) is 50.9 Å². The number of likely N-dealkylation sites (tertiary alicyclic amines) is 1. The minimum absolute atomic E-state index is 0.227. The van der Waals surface area contributed by atoms with E-state index < -0.39 is 0 Å². The summed E-state index contributed by atoms with van der Waals surface area (Å²) in [4.78, 5) is 19.6. The largest absolute Gasteiger partial charge is 0.297 e. The van der Waals surface area contributed by atoms with E-state index in [0.717, 1.165) is 47.7 Å². The molecule has 0 bridgehead atoms. The van der Waals surface area contributed by atoms with Gasteiger partial charge in [0, 0.05) is 17.3 Å². The number of carbonyl (C=O) groups is 1. The second kappa shape index (κ2) is 7.17. The molecule has 0 aliphatic carbocycles. The molecule has 1 aliphatic heterocycles. The lowest BCUT2D eigenvalue weighted by Gasteiger charge is -2.29. The van der Waals surface area contributed by atoms with E-state index in [1.165, 1.54) is 24.2 Å². The lowest BCUT2D eigenvalue weighted by Crippen LogP contribution is -2.32. The number of piperidine rings is 1. The first kappa shape index (κ1) is 17.2. The van der Waals surface area contributed by atoms with E-state index >= 15 is 0 Å². The van der Waals surface area contributed by atoms with Crippen molar-refractivity contribution in [3.8, 4) is 0 Å². The fourth-order valence-corrected chi connectivity index (χ4v) is 4.04. The molecule has 0 radical (unpaired) electrons. The Morgan fingerprint density at radius 2 is 2.19 bits per heavy atom. The van der Waals surface area contributed by atoms with Crippen molar-refractivity contribution < 1.29 is 4.79 Å². The number of nitrogens with one attached hydrogen (secondary N) is 2. The van der Waals surface area contributed by atoms with Crippen LogP contribution in [0.2, 0.25) is 0 Å². The van der Waals surface area contributed by atoms with Gasteiger partial charge in [-0.25, -0.2) is 4.98 Å². The zero-order chi connectivity index (χ0) is 18.1. The molecule has 2 N–H and O–H groups in total. The summed E-state index contributed by atoms with van der Waals surface area (Å²) >= 11 is 1.47. The molecule has 0 spiro atoms. The number of hydrogen-bond acceptors (Lipinski definition) is 5. The first-order chi connectivity index (χ1) is 12.6. The van der Waals surface area contributed by atoms with Crippen molar-refractivity contribution in [3.05, 3.63) is 40.5 Å². The number of aromatic amines is 1. The van der Waals surface area contributed by atoms with Crippen molar-refractivity contribution in [1.82, 2.24) is 20.1 Å². The summed E-state index contributed by atoms with van der Waals surface area (Å²) in [5.74, 6) is 0.596. The van der Waals surface area contributed by atoms with Gasteiger partial charge in [0.05, 0.1) is 11.2 Å². The van der Waals surface area contributed by atoms with Crippen molar-refractivity contribution in [1.29, 1.82) is 0 Å². The van der Waals surface area contributed by atoms with Crippen LogP contribution in [-0.2, 0) is 6.54 Å². The van der Waals surface area contributed by atoms with Gasteiger partial charge in [0.15, 0.2) is 10.8 Å². The van der Waals surface area contributed by atoms with Crippen LogP contribution in [0.4, 0.5) is 5.13 Å². The van der Waals surface area contributed by atoms with Gasteiger partial charge in [0.2, 0.25) is 0 Å². The van der Waals surface area contributed by atoms with Gasteiger partial charge in [0.1, 0.15) is 0 Å². The maximum atomic E-state index is 12.6. The smallest absolute Gasteiger partial charge is 0.278 e. The molecule has 1 saturated heterocycles. The maximum Gasteiger partial charge on any atom is 0.278 e. The molecule has 2 aromatic heterocycles. The molecule has 3 heterocycles. The van der Waals surface area contributed by atoms with Gasteiger partial charge in [-0.1, -0.05) is 18.6 Å². The standard InChI is InChI=1S/C19H23N5OS/c1-12-5-7-24(8-6-12)10-14-11-26-19(20-14)21-18(25)17-15-9-13(2)3-4-16(15)22-23-17/h3-4,9,11-12H,5-8,10H2,1-2H3,(H,22,23)(H,20,21,25). The van der Waals surface area contributed by atoms with E-state index in [1.54, 1.807) is 0 Å². The van der Waals surface area contributed by atoms with Crippen LogP contribution in [0.5, 0.6) is 0 Å². The first-order valence-corrected chi connectivity index (χ1v) is 9.89. The fraction of sp³-hybridized carbons (Fsp3) is 0.421. The van der Waals surface area contributed by atoms with Gasteiger partial charge in [0.25, 0.3) is 5.91 Å². The summed E-state index contributed by atoms with van der Waals surface area (Å²) in [5, 5.41) is 13.5. The van der Waals surface area contributed by atoms with E-state index in [2.05, 4.69) is 32.3 Å². The Morgan fingerprint density at radius 1 is 1.38 bits per heavy atom. The normalized spacial score (nSPS) is 16.2. The van der Waals surface area contributed by atoms with E-state index in [1.807, 2.05) is 30.5 Å². The Balaban J connectivity index is 1.43. The number of carbonyl (C=O) groups excluding carboxylic acids is 1. The Hall–Kier alpha value is -2.25. The van der Waals surface area contributed by atoms with Crippen LogP contribution in [-0.4, -0.2) is 39.1 Å². The van der Waals surface area contributed by atoms with Crippen molar-refractivity contribution in [2.75, 3.05) is 18.4 Å². The van der Waals surface area contributed by atoms with Crippen LogP contribution in [0.15, 0.2) is 23.6 Å². The number of aryl methyl sites for hydroxylation is 1. The first-order valence-electron chi connectivity index (χ1n) is 9.01. The Bertz CT molecular complexity index is 923. The number of H-pyrrole nitrogens is 1. The summed E-state index contributed by atoms with van der Waals surface area (Å²) in [6.45, 7) is 7.41. The minimum Gasteiger partial charge on any atom is -0.297 e.